The summed E-state index contributed by atoms with van der Waals surface area (Å²) in [6.45, 7) is 8.11. The van der Waals surface area contributed by atoms with Gasteiger partial charge in [-0.05, 0) is 26.8 Å². The van der Waals surface area contributed by atoms with Crippen molar-refractivity contribution in [2.24, 2.45) is 5.73 Å². The van der Waals surface area contributed by atoms with E-state index in [0.29, 0.717) is 12.6 Å². The number of rotatable bonds is 7. The van der Waals surface area contributed by atoms with Gasteiger partial charge in [0.25, 0.3) is 0 Å². The molecule has 1 aromatic rings. The molecule has 4 nitrogen and oxygen atoms in total. The first-order chi connectivity index (χ1) is 8.17. The van der Waals surface area contributed by atoms with E-state index in [1.54, 1.807) is 0 Å². The third-order valence-corrected chi connectivity index (χ3v) is 3.60. The third-order valence-electron chi connectivity index (χ3n) is 3.60. The van der Waals surface area contributed by atoms with Crippen molar-refractivity contribution in [2.45, 2.75) is 52.2 Å². The highest BCUT2D eigenvalue weighted by Crippen LogP contribution is 2.22. The molecule has 1 rings (SSSR count). The van der Waals surface area contributed by atoms with Crippen LogP contribution in [0.4, 0.5) is 0 Å². The lowest BCUT2D eigenvalue weighted by atomic mass is 10.0. The Morgan fingerprint density at radius 1 is 1.35 bits per heavy atom. The van der Waals surface area contributed by atoms with Gasteiger partial charge in [0, 0.05) is 30.9 Å². The van der Waals surface area contributed by atoms with E-state index in [2.05, 4.69) is 44.0 Å². The number of nitrogens with two attached hydrogens (primary N) is 1. The second-order valence-corrected chi connectivity index (χ2v) is 4.52. The van der Waals surface area contributed by atoms with Gasteiger partial charge < -0.3 is 5.73 Å². The smallest absolute Gasteiger partial charge is 0.0538 e. The molecule has 1 heterocycles. The van der Waals surface area contributed by atoms with Crippen molar-refractivity contribution in [1.82, 2.24) is 14.7 Å². The average molecular weight is 238 g/mol. The summed E-state index contributed by atoms with van der Waals surface area (Å²) < 4.78 is 1.96. The van der Waals surface area contributed by atoms with E-state index in [4.69, 9.17) is 5.73 Å². The Balaban J connectivity index is 2.82. The van der Waals surface area contributed by atoms with Crippen LogP contribution in [0.1, 0.15) is 45.2 Å². The number of aromatic nitrogens is 2. The van der Waals surface area contributed by atoms with Crippen LogP contribution in [0.25, 0.3) is 0 Å². The fourth-order valence-electron chi connectivity index (χ4n) is 2.38. The molecule has 0 spiro atoms. The standard InChI is InChI=1S/C13H26N4/c1-5-12(6-2)16(4)13(8-14)11-9-15-17(7-3)10-11/h9-10,12-13H,5-8,14H2,1-4H3. The van der Waals surface area contributed by atoms with Crippen molar-refractivity contribution in [3.8, 4) is 0 Å². The molecule has 0 fully saturated rings. The first-order valence-corrected chi connectivity index (χ1v) is 6.62. The van der Waals surface area contributed by atoms with Crippen LogP contribution in [0.3, 0.4) is 0 Å². The fourth-order valence-corrected chi connectivity index (χ4v) is 2.38. The molecule has 0 saturated heterocycles. The van der Waals surface area contributed by atoms with E-state index in [1.807, 2.05) is 10.9 Å². The summed E-state index contributed by atoms with van der Waals surface area (Å²) in [5.74, 6) is 0. The first-order valence-electron chi connectivity index (χ1n) is 6.62. The highest BCUT2D eigenvalue weighted by atomic mass is 15.3. The molecule has 0 aliphatic heterocycles. The molecule has 0 aliphatic carbocycles. The Kier molecular flexibility index (Phi) is 5.65. The molecule has 0 saturated carbocycles. The van der Waals surface area contributed by atoms with E-state index >= 15 is 0 Å². The molecule has 4 heteroatoms. The molecular weight excluding hydrogens is 212 g/mol. The Bertz CT molecular complexity index is 317. The zero-order valence-electron chi connectivity index (χ0n) is 11.6. The van der Waals surface area contributed by atoms with Gasteiger partial charge in [0.15, 0.2) is 0 Å². The largest absolute Gasteiger partial charge is 0.329 e. The molecule has 0 amide bonds. The topological polar surface area (TPSA) is 47.1 Å². The monoisotopic (exact) mass is 238 g/mol. The van der Waals surface area contributed by atoms with E-state index in [-0.39, 0.29) is 6.04 Å². The Hall–Kier alpha value is -0.870. The van der Waals surface area contributed by atoms with Crippen LogP contribution in [0.15, 0.2) is 12.4 Å². The van der Waals surface area contributed by atoms with Crippen LogP contribution in [0, 0.1) is 0 Å². The minimum atomic E-state index is 0.278. The van der Waals surface area contributed by atoms with Gasteiger partial charge >= 0.3 is 0 Å². The molecule has 0 radical (unpaired) electrons. The van der Waals surface area contributed by atoms with Gasteiger partial charge in [-0.1, -0.05) is 13.8 Å². The van der Waals surface area contributed by atoms with Crippen LogP contribution in [0.2, 0.25) is 0 Å². The second-order valence-electron chi connectivity index (χ2n) is 4.52. The summed E-state index contributed by atoms with van der Waals surface area (Å²) in [5.41, 5.74) is 7.15. The molecule has 0 bridgehead atoms. The number of hydrogen-bond acceptors (Lipinski definition) is 3. The van der Waals surface area contributed by atoms with Crippen molar-refractivity contribution >= 4 is 0 Å². The van der Waals surface area contributed by atoms with Gasteiger partial charge in [-0.25, -0.2) is 0 Å². The normalized spacial score (nSPS) is 13.6. The van der Waals surface area contributed by atoms with Crippen LogP contribution < -0.4 is 5.73 Å². The van der Waals surface area contributed by atoms with Gasteiger partial charge in [-0.15, -0.1) is 0 Å². The van der Waals surface area contributed by atoms with E-state index < -0.39 is 0 Å². The maximum atomic E-state index is 5.92. The predicted molar refractivity (Wildman–Crippen MR) is 71.8 cm³/mol. The van der Waals surface area contributed by atoms with Gasteiger partial charge in [-0.3, -0.25) is 9.58 Å². The maximum Gasteiger partial charge on any atom is 0.0538 e. The van der Waals surface area contributed by atoms with Crippen molar-refractivity contribution < 1.29 is 0 Å². The first kappa shape index (κ1) is 14.2. The SMILES string of the molecule is CCC(CC)N(C)C(CN)c1cnn(CC)c1. The Morgan fingerprint density at radius 2 is 2.00 bits per heavy atom. The van der Waals surface area contributed by atoms with Gasteiger partial charge in [-0.2, -0.15) is 5.10 Å². The Labute approximate surface area is 105 Å². The minimum absolute atomic E-state index is 0.278. The number of likely N-dealkylation sites (N-methyl/N-ethyl adjacent to an activating group) is 1. The van der Waals surface area contributed by atoms with E-state index in [1.165, 1.54) is 5.56 Å². The summed E-state index contributed by atoms with van der Waals surface area (Å²) in [4.78, 5) is 2.39. The highest BCUT2D eigenvalue weighted by Gasteiger charge is 2.22. The van der Waals surface area contributed by atoms with Crippen molar-refractivity contribution in [3.05, 3.63) is 18.0 Å². The molecule has 0 aliphatic rings. The molecule has 98 valence electrons. The molecule has 0 aromatic carbocycles. The van der Waals surface area contributed by atoms with Crippen molar-refractivity contribution in [2.75, 3.05) is 13.6 Å². The summed E-state index contributed by atoms with van der Waals surface area (Å²) >= 11 is 0. The minimum Gasteiger partial charge on any atom is -0.329 e. The summed E-state index contributed by atoms with van der Waals surface area (Å²) in [5, 5.41) is 4.33. The summed E-state index contributed by atoms with van der Waals surface area (Å²) in [6, 6.07) is 0.869. The zero-order chi connectivity index (χ0) is 12.8. The van der Waals surface area contributed by atoms with Crippen molar-refractivity contribution in [1.29, 1.82) is 0 Å². The van der Waals surface area contributed by atoms with Crippen LogP contribution >= 0.6 is 0 Å². The van der Waals surface area contributed by atoms with Crippen LogP contribution in [0.5, 0.6) is 0 Å². The summed E-state index contributed by atoms with van der Waals surface area (Å²) in [7, 11) is 2.17. The average Bonchev–Trinajstić information content (AvgIpc) is 2.80. The molecule has 2 N–H and O–H groups in total. The number of hydrogen-bond donors (Lipinski definition) is 1. The predicted octanol–water partition coefficient (Wildman–Crippen LogP) is 2.02. The van der Waals surface area contributed by atoms with E-state index in [0.717, 1.165) is 19.4 Å². The van der Waals surface area contributed by atoms with Gasteiger partial charge in [0.1, 0.15) is 0 Å². The lowest BCUT2D eigenvalue weighted by Gasteiger charge is -2.33. The van der Waals surface area contributed by atoms with Crippen molar-refractivity contribution in [3.63, 3.8) is 0 Å². The molecule has 1 aromatic heterocycles. The molecule has 1 unspecified atom stereocenters. The third kappa shape index (κ3) is 3.30. The number of aryl methyl sites for hydroxylation is 1. The summed E-state index contributed by atoms with van der Waals surface area (Å²) in [6.07, 6.45) is 6.37. The molecule has 17 heavy (non-hydrogen) atoms. The lowest BCUT2D eigenvalue weighted by molar-refractivity contribution is 0.167. The zero-order valence-corrected chi connectivity index (χ0v) is 11.6. The number of nitrogens with zero attached hydrogens (tertiary/aromatic N) is 3. The highest BCUT2D eigenvalue weighted by molar-refractivity contribution is 5.11. The molecular formula is C13H26N4. The fraction of sp³-hybridized carbons (Fsp3) is 0.769. The van der Waals surface area contributed by atoms with E-state index in [9.17, 15) is 0 Å². The quantitative estimate of drug-likeness (QED) is 0.790. The molecule has 1 atom stereocenters. The van der Waals surface area contributed by atoms with Gasteiger partial charge in [0.2, 0.25) is 0 Å². The lowest BCUT2D eigenvalue weighted by Crippen LogP contribution is -2.37. The van der Waals surface area contributed by atoms with Crippen LogP contribution in [-0.2, 0) is 6.54 Å². The van der Waals surface area contributed by atoms with Crippen LogP contribution in [-0.4, -0.2) is 34.3 Å². The maximum absolute atomic E-state index is 5.92. The van der Waals surface area contributed by atoms with Gasteiger partial charge in [0.05, 0.1) is 12.2 Å². The second kappa shape index (κ2) is 6.77. The Morgan fingerprint density at radius 3 is 2.41 bits per heavy atom.